The molecule has 0 unspecified atom stereocenters. The molecule has 0 fully saturated rings. The van der Waals surface area contributed by atoms with E-state index in [4.69, 9.17) is 4.74 Å². The van der Waals surface area contributed by atoms with Gasteiger partial charge in [-0.15, -0.1) is 0 Å². The minimum absolute atomic E-state index is 0.186. The van der Waals surface area contributed by atoms with Gasteiger partial charge in [0.25, 0.3) is 15.9 Å². The van der Waals surface area contributed by atoms with Gasteiger partial charge in [-0.1, -0.05) is 17.7 Å². The Morgan fingerprint density at radius 2 is 1.91 bits per heavy atom. The number of hydrogen-bond donors (Lipinski definition) is 1. The van der Waals surface area contributed by atoms with Gasteiger partial charge >= 0.3 is 0 Å². The minimum atomic E-state index is -3.68. The van der Waals surface area contributed by atoms with Crippen LogP contribution in [0.1, 0.15) is 22.3 Å². The van der Waals surface area contributed by atoms with Crippen LogP contribution in [-0.4, -0.2) is 38.6 Å². The summed E-state index contributed by atoms with van der Waals surface area (Å²) in [6.07, 6.45) is 3.39. The van der Waals surface area contributed by atoms with Gasteiger partial charge in [-0.2, -0.15) is 0 Å². The first-order chi connectivity index (χ1) is 10.9. The van der Waals surface area contributed by atoms with Gasteiger partial charge in [-0.3, -0.25) is 4.79 Å². The van der Waals surface area contributed by atoms with E-state index in [0.29, 0.717) is 25.1 Å². The van der Waals surface area contributed by atoms with Gasteiger partial charge in [-0.05, 0) is 31.5 Å². The van der Waals surface area contributed by atoms with Gasteiger partial charge in [0.05, 0.1) is 10.5 Å². The Labute approximate surface area is 136 Å². The molecule has 1 amide bonds. The Morgan fingerprint density at radius 3 is 2.57 bits per heavy atom. The second-order valence-electron chi connectivity index (χ2n) is 5.15. The first-order valence-electron chi connectivity index (χ1n) is 7.22. The Kier molecular flexibility index (Phi) is 5.57. The molecule has 124 valence electrons. The van der Waals surface area contributed by atoms with Crippen LogP contribution in [0.2, 0.25) is 0 Å². The predicted octanol–water partition coefficient (Wildman–Crippen LogP) is 1.80. The first-order valence-corrected chi connectivity index (χ1v) is 8.66. The van der Waals surface area contributed by atoms with E-state index in [9.17, 15) is 13.2 Å². The molecule has 0 atom stereocenters. The molecule has 0 bridgehead atoms. The summed E-state index contributed by atoms with van der Waals surface area (Å²) in [7, 11) is -2.09. The van der Waals surface area contributed by atoms with Crippen LogP contribution in [0.3, 0.4) is 0 Å². The van der Waals surface area contributed by atoms with Crippen LogP contribution >= 0.6 is 0 Å². The number of carbonyl (C=O) groups is 1. The standard InChI is InChI=1S/C16H20N2O4S/c1-13-4-6-15(7-5-13)23(20,21)18-10-8-14(12-18)16(19)17-9-3-11-22-2/h4-8,10,12H,3,9,11H2,1-2H3,(H,17,19). The Bertz CT molecular complexity index is 764. The number of hydrogen-bond acceptors (Lipinski definition) is 4. The van der Waals surface area contributed by atoms with E-state index < -0.39 is 10.0 Å². The molecule has 0 saturated carbocycles. The molecule has 0 aliphatic heterocycles. The number of methoxy groups -OCH3 is 1. The third kappa shape index (κ3) is 4.20. The molecule has 1 aromatic heterocycles. The van der Waals surface area contributed by atoms with Crippen molar-refractivity contribution in [1.29, 1.82) is 0 Å². The molecule has 1 aromatic carbocycles. The first kappa shape index (κ1) is 17.2. The normalized spacial score (nSPS) is 11.4. The maximum atomic E-state index is 12.5. The molecule has 0 radical (unpaired) electrons. The van der Waals surface area contributed by atoms with Crippen molar-refractivity contribution in [2.75, 3.05) is 20.3 Å². The van der Waals surface area contributed by atoms with Crippen molar-refractivity contribution in [2.24, 2.45) is 0 Å². The molecule has 0 aliphatic rings. The van der Waals surface area contributed by atoms with Crippen LogP contribution in [0.5, 0.6) is 0 Å². The third-order valence-corrected chi connectivity index (χ3v) is 4.99. The molecule has 0 saturated heterocycles. The quantitative estimate of drug-likeness (QED) is 0.782. The Balaban J connectivity index is 2.11. The van der Waals surface area contributed by atoms with Crippen LogP contribution in [0.15, 0.2) is 47.6 Å². The van der Waals surface area contributed by atoms with Crippen molar-refractivity contribution in [2.45, 2.75) is 18.2 Å². The van der Waals surface area contributed by atoms with Gasteiger partial charge in [0.2, 0.25) is 0 Å². The summed E-state index contributed by atoms with van der Waals surface area (Å²) in [5.41, 5.74) is 1.28. The average Bonchev–Trinajstić information content (AvgIpc) is 3.02. The van der Waals surface area contributed by atoms with Crippen molar-refractivity contribution in [3.8, 4) is 0 Å². The van der Waals surface area contributed by atoms with Crippen LogP contribution < -0.4 is 5.32 Å². The summed E-state index contributed by atoms with van der Waals surface area (Å²) in [6, 6.07) is 8.06. The van der Waals surface area contributed by atoms with Gasteiger partial charge in [0.15, 0.2) is 0 Å². The number of benzene rings is 1. The third-order valence-electron chi connectivity index (χ3n) is 3.34. The molecule has 0 aliphatic carbocycles. The van der Waals surface area contributed by atoms with Gasteiger partial charge in [0.1, 0.15) is 0 Å². The summed E-state index contributed by atoms with van der Waals surface area (Å²) in [4.78, 5) is 12.2. The van der Waals surface area contributed by atoms with E-state index in [1.54, 1.807) is 31.4 Å². The number of aryl methyl sites for hydroxylation is 1. The topological polar surface area (TPSA) is 77.4 Å². The van der Waals surface area contributed by atoms with Crippen LogP contribution in [0.4, 0.5) is 0 Å². The van der Waals surface area contributed by atoms with E-state index in [2.05, 4.69) is 5.32 Å². The smallest absolute Gasteiger partial charge is 0.267 e. The number of ether oxygens (including phenoxy) is 1. The molecule has 1 N–H and O–H groups in total. The molecule has 2 aromatic rings. The predicted molar refractivity (Wildman–Crippen MR) is 87.0 cm³/mol. The van der Waals surface area contributed by atoms with Crippen molar-refractivity contribution in [3.05, 3.63) is 53.9 Å². The number of rotatable bonds is 7. The highest BCUT2D eigenvalue weighted by atomic mass is 32.2. The molecule has 7 heteroatoms. The van der Waals surface area contributed by atoms with Crippen molar-refractivity contribution < 1.29 is 17.9 Å². The zero-order valence-electron chi connectivity index (χ0n) is 13.2. The van der Waals surface area contributed by atoms with Gasteiger partial charge in [0, 0.05) is 32.7 Å². The second kappa shape index (κ2) is 7.43. The molecular formula is C16H20N2O4S. The molecular weight excluding hydrogens is 316 g/mol. The van der Waals surface area contributed by atoms with Crippen molar-refractivity contribution >= 4 is 15.9 Å². The Hall–Kier alpha value is -2.12. The van der Waals surface area contributed by atoms with Gasteiger partial charge < -0.3 is 10.1 Å². The highest BCUT2D eigenvalue weighted by Crippen LogP contribution is 2.16. The highest BCUT2D eigenvalue weighted by molar-refractivity contribution is 7.90. The van der Waals surface area contributed by atoms with E-state index in [1.807, 2.05) is 6.92 Å². The lowest BCUT2D eigenvalue weighted by atomic mass is 10.2. The lowest BCUT2D eigenvalue weighted by Gasteiger charge is -2.06. The second-order valence-corrected chi connectivity index (χ2v) is 6.99. The maximum Gasteiger partial charge on any atom is 0.267 e. The van der Waals surface area contributed by atoms with E-state index >= 15 is 0 Å². The van der Waals surface area contributed by atoms with Crippen molar-refractivity contribution in [1.82, 2.24) is 9.29 Å². The SMILES string of the molecule is COCCCNC(=O)c1ccn(S(=O)(=O)c2ccc(C)cc2)c1. The maximum absolute atomic E-state index is 12.5. The summed E-state index contributed by atoms with van der Waals surface area (Å²) in [5.74, 6) is -0.307. The molecule has 1 heterocycles. The summed E-state index contributed by atoms with van der Waals surface area (Å²) in [5, 5.41) is 2.72. The van der Waals surface area contributed by atoms with Crippen LogP contribution in [0, 0.1) is 6.92 Å². The van der Waals surface area contributed by atoms with Crippen LogP contribution in [0.25, 0.3) is 0 Å². The zero-order valence-corrected chi connectivity index (χ0v) is 14.0. The monoisotopic (exact) mass is 336 g/mol. The average molecular weight is 336 g/mol. The van der Waals surface area contributed by atoms with Crippen molar-refractivity contribution in [3.63, 3.8) is 0 Å². The summed E-state index contributed by atoms with van der Waals surface area (Å²) < 4.78 is 30.9. The fraction of sp³-hybridized carbons (Fsp3) is 0.312. The molecule has 6 nitrogen and oxygen atoms in total. The molecule has 0 spiro atoms. The highest BCUT2D eigenvalue weighted by Gasteiger charge is 2.18. The summed E-state index contributed by atoms with van der Waals surface area (Å²) in [6.45, 7) is 2.92. The van der Waals surface area contributed by atoms with Crippen LogP contribution in [-0.2, 0) is 14.8 Å². The fourth-order valence-electron chi connectivity index (χ4n) is 2.01. The fourth-order valence-corrected chi connectivity index (χ4v) is 3.21. The Morgan fingerprint density at radius 1 is 1.22 bits per heavy atom. The largest absolute Gasteiger partial charge is 0.385 e. The number of aromatic nitrogens is 1. The number of amides is 1. The molecule has 2 rings (SSSR count). The number of nitrogens with one attached hydrogen (secondary N) is 1. The number of nitrogens with zero attached hydrogens (tertiary/aromatic N) is 1. The zero-order chi connectivity index (χ0) is 16.9. The number of carbonyl (C=O) groups excluding carboxylic acids is 1. The van der Waals surface area contributed by atoms with E-state index in [1.165, 1.54) is 18.5 Å². The summed E-state index contributed by atoms with van der Waals surface area (Å²) >= 11 is 0. The lowest BCUT2D eigenvalue weighted by molar-refractivity contribution is 0.0948. The molecule has 23 heavy (non-hydrogen) atoms. The minimum Gasteiger partial charge on any atom is -0.385 e. The lowest BCUT2D eigenvalue weighted by Crippen LogP contribution is -2.25. The van der Waals surface area contributed by atoms with Gasteiger partial charge in [-0.25, -0.2) is 12.4 Å². The van der Waals surface area contributed by atoms with E-state index in [-0.39, 0.29) is 10.8 Å². The van der Waals surface area contributed by atoms with E-state index in [0.717, 1.165) is 9.54 Å².